The van der Waals surface area contributed by atoms with Crippen molar-refractivity contribution in [2.75, 3.05) is 7.11 Å². The van der Waals surface area contributed by atoms with Crippen LogP contribution in [0.3, 0.4) is 0 Å². The Hall–Kier alpha value is -1.91. The van der Waals surface area contributed by atoms with Crippen molar-refractivity contribution in [2.24, 2.45) is 0 Å². The Balaban J connectivity index is 1.74. The van der Waals surface area contributed by atoms with Gasteiger partial charge in [0, 0.05) is 9.13 Å². The first-order valence-corrected chi connectivity index (χ1v) is 9.77. The summed E-state index contributed by atoms with van der Waals surface area (Å²) in [5.41, 5.74) is 3.86. The molecule has 0 bridgehead atoms. The average Bonchev–Trinajstić information content (AvgIpc) is 2.91. The lowest BCUT2D eigenvalue weighted by molar-refractivity contribution is -0.123. The third-order valence-corrected chi connectivity index (χ3v) is 5.55. The molecule has 3 rings (SSSR count). The van der Waals surface area contributed by atoms with E-state index in [0.717, 1.165) is 25.9 Å². The van der Waals surface area contributed by atoms with Crippen LogP contribution in [0, 0.1) is 3.57 Å². The Morgan fingerprint density at radius 2 is 1.85 bits per heavy atom. The molecule has 2 aromatic rings. The molecule has 132 valence electrons. The molecule has 5 nitrogen and oxygen atoms in total. The van der Waals surface area contributed by atoms with Gasteiger partial charge in [-0.3, -0.25) is 15.0 Å². The fourth-order valence-electron chi connectivity index (χ4n) is 2.18. The highest BCUT2D eigenvalue weighted by Gasteiger charge is 2.33. The number of amides is 2. The van der Waals surface area contributed by atoms with Crippen LogP contribution in [0.5, 0.6) is 5.75 Å². The highest BCUT2D eigenvalue weighted by Crippen LogP contribution is 2.31. The number of nitrogens with one attached hydrogen (secondary N) is 1. The van der Waals surface area contributed by atoms with Gasteiger partial charge in [0.2, 0.25) is 0 Å². The summed E-state index contributed by atoms with van der Waals surface area (Å²) in [6.45, 7) is 0. The Kier molecular flexibility index (Phi) is 5.94. The zero-order chi connectivity index (χ0) is 18.7. The fourth-order valence-corrected chi connectivity index (χ4v) is 3.72. The van der Waals surface area contributed by atoms with Gasteiger partial charge < -0.3 is 4.74 Å². The minimum atomic E-state index is -0.417. The number of benzene rings is 2. The first-order valence-electron chi connectivity index (χ1n) is 7.46. The largest absolute Gasteiger partial charge is 0.497 e. The summed E-state index contributed by atoms with van der Waals surface area (Å²) in [7, 11) is 1.55. The molecule has 0 radical (unpaired) electrons. The van der Waals surface area contributed by atoms with E-state index in [2.05, 4.69) is 28.0 Å². The maximum absolute atomic E-state index is 12.6. The second-order valence-electron chi connectivity index (χ2n) is 5.24. The molecule has 0 unspecified atom stereocenters. The number of thiocarbonyl (C=S) groups is 1. The lowest BCUT2D eigenvalue weighted by atomic mass is 10.2. The van der Waals surface area contributed by atoms with E-state index in [1.807, 2.05) is 24.3 Å². The molecule has 2 amide bonds. The van der Waals surface area contributed by atoms with E-state index in [0.29, 0.717) is 16.2 Å². The van der Waals surface area contributed by atoms with Gasteiger partial charge in [0.15, 0.2) is 4.32 Å². The van der Waals surface area contributed by atoms with Crippen LogP contribution in [0.15, 0.2) is 53.4 Å². The topological polar surface area (TPSA) is 58.6 Å². The summed E-state index contributed by atoms with van der Waals surface area (Å²) in [5.74, 6) is -0.118. The number of methoxy groups -OCH3 is 1. The second-order valence-corrected chi connectivity index (χ2v) is 8.16. The maximum Gasteiger partial charge on any atom is 0.285 e. The first kappa shape index (κ1) is 18.9. The van der Waals surface area contributed by atoms with Crippen LogP contribution in [0.4, 0.5) is 0 Å². The van der Waals surface area contributed by atoms with Gasteiger partial charge in [-0.1, -0.05) is 23.9 Å². The van der Waals surface area contributed by atoms with Crippen molar-refractivity contribution in [1.82, 2.24) is 10.4 Å². The van der Waals surface area contributed by atoms with E-state index in [9.17, 15) is 9.59 Å². The first-order chi connectivity index (χ1) is 12.5. The Morgan fingerprint density at radius 1 is 1.19 bits per heavy atom. The fraction of sp³-hybridized carbons (Fsp3) is 0.0556. The van der Waals surface area contributed by atoms with Gasteiger partial charge in [-0.25, -0.2) is 0 Å². The van der Waals surface area contributed by atoms with Crippen LogP contribution in [0.25, 0.3) is 6.08 Å². The van der Waals surface area contributed by atoms with Gasteiger partial charge in [-0.05, 0) is 82.8 Å². The summed E-state index contributed by atoms with van der Waals surface area (Å²) in [5, 5.41) is 1.10. The molecule has 0 saturated carbocycles. The molecule has 1 saturated heterocycles. The lowest BCUT2D eigenvalue weighted by Crippen LogP contribution is -2.44. The van der Waals surface area contributed by atoms with Crippen LogP contribution in [-0.2, 0) is 4.79 Å². The number of ether oxygens (including phenoxy) is 1. The van der Waals surface area contributed by atoms with E-state index in [-0.39, 0.29) is 10.2 Å². The molecule has 1 heterocycles. The molecule has 0 aliphatic carbocycles. The molecule has 0 atom stereocenters. The molecule has 1 aliphatic rings. The molecule has 0 aromatic heterocycles. The van der Waals surface area contributed by atoms with Crippen LogP contribution >= 0.6 is 46.6 Å². The maximum atomic E-state index is 12.6. The molecule has 0 spiro atoms. The summed E-state index contributed by atoms with van der Waals surface area (Å²) >= 11 is 8.60. The molecule has 2 aromatic carbocycles. The molecule has 8 heteroatoms. The monoisotopic (exact) mass is 496 g/mol. The predicted octanol–water partition coefficient (Wildman–Crippen LogP) is 3.85. The number of thioether (sulfide) groups is 1. The van der Waals surface area contributed by atoms with Crippen LogP contribution in [0.2, 0.25) is 0 Å². The third-order valence-electron chi connectivity index (χ3n) is 3.53. The average molecular weight is 496 g/mol. The number of carbonyl (C=O) groups excluding carboxylic acids is 2. The zero-order valence-electron chi connectivity index (χ0n) is 13.6. The van der Waals surface area contributed by atoms with E-state index in [1.54, 1.807) is 37.5 Å². The summed E-state index contributed by atoms with van der Waals surface area (Å²) < 4.78 is 6.46. The number of nitrogens with zero attached hydrogens (tertiary/aromatic N) is 1. The summed E-state index contributed by atoms with van der Waals surface area (Å²) in [4.78, 5) is 25.4. The van der Waals surface area contributed by atoms with Crippen molar-refractivity contribution in [3.05, 3.63) is 68.1 Å². The Bertz CT molecular complexity index is 896. The van der Waals surface area contributed by atoms with Crippen LogP contribution in [0.1, 0.15) is 15.9 Å². The van der Waals surface area contributed by atoms with E-state index in [4.69, 9.17) is 17.0 Å². The molecular weight excluding hydrogens is 483 g/mol. The third kappa shape index (κ3) is 4.25. The number of carbonyl (C=O) groups is 2. The standard InChI is InChI=1S/C18H13IN2O3S2/c1-24-14-8-4-12(5-9-14)16(22)20-21-17(23)15(26-18(21)25)10-11-2-6-13(19)7-3-11/h2-10H,1H3,(H,20,22)/b15-10-. The molecule has 1 aliphatic heterocycles. The zero-order valence-corrected chi connectivity index (χ0v) is 17.4. The van der Waals surface area contributed by atoms with E-state index < -0.39 is 5.91 Å². The van der Waals surface area contributed by atoms with Gasteiger partial charge in [-0.2, -0.15) is 5.01 Å². The van der Waals surface area contributed by atoms with Crippen LogP contribution < -0.4 is 10.2 Å². The van der Waals surface area contributed by atoms with Gasteiger partial charge >= 0.3 is 0 Å². The van der Waals surface area contributed by atoms with Gasteiger partial charge in [-0.15, -0.1) is 0 Å². The predicted molar refractivity (Wildman–Crippen MR) is 115 cm³/mol. The van der Waals surface area contributed by atoms with Gasteiger partial charge in [0.1, 0.15) is 5.75 Å². The molecule has 1 fully saturated rings. The lowest BCUT2D eigenvalue weighted by Gasteiger charge is -2.15. The van der Waals surface area contributed by atoms with E-state index in [1.165, 1.54) is 0 Å². The van der Waals surface area contributed by atoms with Crippen molar-refractivity contribution in [1.29, 1.82) is 0 Å². The highest BCUT2D eigenvalue weighted by molar-refractivity contribution is 14.1. The quantitative estimate of drug-likeness (QED) is 0.396. The Labute approximate surface area is 173 Å². The molecule has 1 N–H and O–H groups in total. The minimum Gasteiger partial charge on any atom is -0.497 e. The van der Waals surface area contributed by atoms with Crippen LogP contribution in [-0.4, -0.2) is 28.3 Å². The number of halogens is 1. The number of rotatable bonds is 4. The van der Waals surface area contributed by atoms with Crippen molar-refractivity contribution in [2.45, 2.75) is 0 Å². The smallest absolute Gasteiger partial charge is 0.285 e. The highest BCUT2D eigenvalue weighted by atomic mass is 127. The second kappa shape index (κ2) is 8.19. The van der Waals surface area contributed by atoms with Crippen molar-refractivity contribution < 1.29 is 14.3 Å². The van der Waals surface area contributed by atoms with E-state index >= 15 is 0 Å². The molecule has 26 heavy (non-hydrogen) atoms. The van der Waals surface area contributed by atoms with Gasteiger partial charge in [0.05, 0.1) is 12.0 Å². The number of hydrazine groups is 1. The van der Waals surface area contributed by atoms with Crippen molar-refractivity contribution in [3.8, 4) is 5.75 Å². The van der Waals surface area contributed by atoms with Crippen molar-refractivity contribution >= 4 is 68.8 Å². The Morgan fingerprint density at radius 3 is 2.46 bits per heavy atom. The minimum absolute atomic E-state index is 0.286. The SMILES string of the molecule is COc1ccc(C(=O)NN2C(=O)/C(=C/c3ccc(I)cc3)SC2=S)cc1. The van der Waals surface area contributed by atoms with Crippen molar-refractivity contribution in [3.63, 3.8) is 0 Å². The number of hydrogen-bond donors (Lipinski definition) is 1. The van der Waals surface area contributed by atoms with Gasteiger partial charge in [0.25, 0.3) is 11.8 Å². The molecular formula is C18H13IN2O3S2. The normalized spacial score (nSPS) is 15.5. The summed E-state index contributed by atoms with van der Waals surface area (Å²) in [6.07, 6.45) is 1.76. The number of hydrogen-bond acceptors (Lipinski definition) is 5. The summed E-state index contributed by atoms with van der Waals surface area (Å²) in [6, 6.07) is 14.3.